The van der Waals surface area contributed by atoms with Crippen LogP contribution in [0.3, 0.4) is 0 Å². The van der Waals surface area contributed by atoms with Crippen LogP contribution in [0.5, 0.6) is 5.75 Å². The molecule has 1 N–H and O–H groups in total. The molecule has 0 amide bonds. The van der Waals surface area contributed by atoms with E-state index in [4.69, 9.17) is 21.1 Å². The summed E-state index contributed by atoms with van der Waals surface area (Å²) in [4.78, 5) is 0. The Labute approximate surface area is 119 Å². The second kappa shape index (κ2) is 6.12. The van der Waals surface area contributed by atoms with Gasteiger partial charge >= 0.3 is 0 Å². The molecule has 0 bridgehead atoms. The van der Waals surface area contributed by atoms with Crippen molar-refractivity contribution >= 4 is 11.6 Å². The third-order valence-corrected chi connectivity index (χ3v) is 3.93. The van der Waals surface area contributed by atoms with Crippen molar-refractivity contribution in [3.63, 3.8) is 0 Å². The minimum atomic E-state index is 0.253. The van der Waals surface area contributed by atoms with Gasteiger partial charge in [-0.1, -0.05) is 17.7 Å². The maximum absolute atomic E-state index is 6.27. The predicted octanol–water partition coefficient (Wildman–Crippen LogP) is 2.66. The van der Waals surface area contributed by atoms with E-state index >= 15 is 0 Å². The predicted molar refractivity (Wildman–Crippen MR) is 76.0 cm³/mol. The fourth-order valence-electron chi connectivity index (χ4n) is 2.29. The monoisotopic (exact) mass is 281 g/mol. The van der Waals surface area contributed by atoms with Crippen molar-refractivity contribution in [3.8, 4) is 5.75 Å². The molecule has 4 heteroatoms. The Morgan fingerprint density at radius 1 is 1.37 bits per heavy atom. The largest absolute Gasteiger partial charge is 0.492 e. The first-order valence-electron chi connectivity index (χ1n) is 7.05. The van der Waals surface area contributed by atoms with Crippen LogP contribution in [0.2, 0.25) is 5.02 Å². The van der Waals surface area contributed by atoms with Crippen LogP contribution in [0.1, 0.15) is 18.4 Å². The molecule has 0 radical (unpaired) electrons. The van der Waals surface area contributed by atoms with E-state index in [0.29, 0.717) is 5.02 Å². The topological polar surface area (TPSA) is 30.5 Å². The van der Waals surface area contributed by atoms with Crippen molar-refractivity contribution in [2.75, 3.05) is 26.3 Å². The lowest BCUT2D eigenvalue weighted by molar-refractivity contribution is 0.0292. The highest BCUT2D eigenvalue weighted by atomic mass is 35.5. The number of morpholine rings is 1. The van der Waals surface area contributed by atoms with Crippen molar-refractivity contribution in [1.29, 1.82) is 0 Å². The van der Waals surface area contributed by atoms with Gasteiger partial charge in [-0.25, -0.2) is 0 Å². The summed E-state index contributed by atoms with van der Waals surface area (Å²) >= 11 is 6.27. The van der Waals surface area contributed by atoms with Gasteiger partial charge in [-0.05, 0) is 42.9 Å². The van der Waals surface area contributed by atoms with Gasteiger partial charge in [0, 0.05) is 13.1 Å². The van der Waals surface area contributed by atoms with Gasteiger partial charge in [-0.3, -0.25) is 0 Å². The molecule has 2 aliphatic rings. The number of benzene rings is 1. The van der Waals surface area contributed by atoms with Gasteiger partial charge in [-0.2, -0.15) is 0 Å². The zero-order chi connectivity index (χ0) is 13.1. The van der Waals surface area contributed by atoms with E-state index < -0.39 is 0 Å². The van der Waals surface area contributed by atoms with Crippen LogP contribution in [0.4, 0.5) is 0 Å². The molecule has 19 heavy (non-hydrogen) atoms. The zero-order valence-electron chi connectivity index (χ0n) is 11.0. The van der Waals surface area contributed by atoms with E-state index in [9.17, 15) is 0 Å². The maximum Gasteiger partial charge on any atom is 0.137 e. The third-order valence-electron chi connectivity index (χ3n) is 3.64. The average molecular weight is 282 g/mol. The first-order valence-corrected chi connectivity index (χ1v) is 7.42. The molecule has 0 aromatic heterocycles. The highest BCUT2D eigenvalue weighted by molar-refractivity contribution is 6.32. The molecule has 1 heterocycles. The fraction of sp³-hybridized carbons (Fsp3) is 0.600. The lowest BCUT2D eigenvalue weighted by atomic mass is 10.1. The molecule has 1 aliphatic carbocycles. The Kier molecular flexibility index (Phi) is 4.26. The summed E-state index contributed by atoms with van der Waals surface area (Å²) in [5, 5.41) is 4.05. The Balaban J connectivity index is 1.57. The van der Waals surface area contributed by atoms with Gasteiger partial charge in [0.2, 0.25) is 0 Å². The zero-order valence-corrected chi connectivity index (χ0v) is 11.8. The van der Waals surface area contributed by atoms with E-state index in [2.05, 4.69) is 11.4 Å². The normalized spacial score (nSPS) is 23.3. The van der Waals surface area contributed by atoms with Gasteiger partial charge < -0.3 is 14.8 Å². The van der Waals surface area contributed by atoms with Crippen molar-refractivity contribution in [1.82, 2.24) is 5.32 Å². The molecule has 1 atom stereocenters. The fourth-order valence-corrected chi connectivity index (χ4v) is 2.55. The summed E-state index contributed by atoms with van der Waals surface area (Å²) in [5.74, 6) is 1.55. The van der Waals surface area contributed by atoms with Gasteiger partial charge in [0.25, 0.3) is 0 Å². The summed E-state index contributed by atoms with van der Waals surface area (Å²) in [7, 11) is 0. The standard InChI is InChI=1S/C15H20ClNO2/c16-14-8-12(7-13-9-17-5-6-18-13)3-4-15(14)19-10-11-1-2-11/h3-4,8,11,13,17H,1-2,5-7,9-10H2/t13-/m0/s1. The number of rotatable bonds is 5. The molecule has 1 aromatic carbocycles. The lowest BCUT2D eigenvalue weighted by Gasteiger charge is -2.23. The molecular formula is C15H20ClNO2. The molecule has 3 nitrogen and oxygen atoms in total. The first kappa shape index (κ1) is 13.2. The number of hydrogen-bond donors (Lipinski definition) is 1. The molecule has 1 aliphatic heterocycles. The summed E-state index contributed by atoms with van der Waals surface area (Å²) in [6.07, 6.45) is 3.74. The quantitative estimate of drug-likeness (QED) is 0.900. The molecule has 1 aromatic rings. The molecule has 0 spiro atoms. The van der Waals surface area contributed by atoms with Crippen LogP contribution < -0.4 is 10.1 Å². The molecule has 1 saturated heterocycles. The maximum atomic E-state index is 6.27. The molecule has 3 rings (SSSR count). The summed E-state index contributed by atoms with van der Waals surface area (Å²) in [5.41, 5.74) is 1.21. The van der Waals surface area contributed by atoms with E-state index in [0.717, 1.165) is 44.4 Å². The van der Waals surface area contributed by atoms with E-state index in [1.165, 1.54) is 18.4 Å². The first-order chi connectivity index (χ1) is 9.31. The summed E-state index contributed by atoms with van der Waals surface area (Å²) in [6, 6.07) is 6.07. The molecular weight excluding hydrogens is 262 g/mol. The Hall–Kier alpha value is -0.770. The minimum absolute atomic E-state index is 0.253. The van der Waals surface area contributed by atoms with Crippen LogP contribution in [0.15, 0.2) is 18.2 Å². The van der Waals surface area contributed by atoms with Crippen molar-refractivity contribution < 1.29 is 9.47 Å². The van der Waals surface area contributed by atoms with E-state index in [-0.39, 0.29) is 6.10 Å². The third kappa shape index (κ3) is 3.85. The summed E-state index contributed by atoms with van der Waals surface area (Å²) < 4.78 is 11.4. The lowest BCUT2D eigenvalue weighted by Crippen LogP contribution is -2.39. The smallest absolute Gasteiger partial charge is 0.137 e. The van der Waals surface area contributed by atoms with Crippen LogP contribution in [0, 0.1) is 5.92 Å². The molecule has 2 fully saturated rings. The highest BCUT2D eigenvalue weighted by Gasteiger charge is 2.22. The van der Waals surface area contributed by atoms with Gasteiger partial charge in [0.1, 0.15) is 5.75 Å². The summed E-state index contributed by atoms with van der Waals surface area (Å²) in [6.45, 7) is 3.46. The van der Waals surface area contributed by atoms with Crippen molar-refractivity contribution in [2.24, 2.45) is 5.92 Å². The molecule has 1 saturated carbocycles. The van der Waals surface area contributed by atoms with Gasteiger partial charge in [-0.15, -0.1) is 0 Å². The highest BCUT2D eigenvalue weighted by Crippen LogP contribution is 2.32. The second-order valence-electron chi connectivity index (χ2n) is 5.42. The number of halogens is 1. The Bertz CT molecular complexity index is 428. The molecule has 0 unspecified atom stereocenters. The number of nitrogens with one attached hydrogen (secondary N) is 1. The Morgan fingerprint density at radius 3 is 2.95 bits per heavy atom. The van der Waals surface area contributed by atoms with Gasteiger partial charge in [0.15, 0.2) is 0 Å². The van der Waals surface area contributed by atoms with Crippen LogP contribution in [-0.4, -0.2) is 32.4 Å². The second-order valence-corrected chi connectivity index (χ2v) is 5.83. The number of hydrogen-bond acceptors (Lipinski definition) is 3. The Morgan fingerprint density at radius 2 is 2.26 bits per heavy atom. The van der Waals surface area contributed by atoms with Crippen molar-refractivity contribution in [2.45, 2.75) is 25.4 Å². The van der Waals surface area contributed by atoms with Crippen LogP contribution in [0.25, 0.3) is 0 Å². The van der Waals surface area contributed by atoms with Gasteiger partial charge in [0.05, 0.1) is 24.3 Å². The minimum Gasteiger partial charge on any atom is -0.492 e. The van der Waals surface area contributed by atoms with Crippen molar-refractivity contribution in [3.05, 3.63) is 28.8 Å². The van der Waals surface area contributed by atoms with E-state index in [1.54, 1.807) is 0 Å². The molecule has 104 valence electrons. The SMILES string of the molecule is Clc1cc(C[C@H]2CNCCO2)ccc1OCC1CC1. The van der Waals surface area contributed by atoms with Crippen LogP contribution >= 0.6 is 11.6 Å². The van der Waals surface area contributed by atoms with Crippen LogP contribution in [-0.2, 0) is 11.2 Å². The number of ether oxygens (including phenoxy) is 2. The van der Waals surface area contributed by atoms with E-state index in [1.807, 2.05) is 12.1 Å². The average Bonchev–Trinajstić information content (AvgIpc) is 3.23.